The summed E-state index contributed by atoms with van der Waals surface area (Å²) < 4.78 is 0. The Bertz CT molecular complexity index is 475. The van der Waals surface area contributed by atoms with Gasteiger partial charge in [-0.15, -0.1) is 0 Å². The van der Waals surface area contributed by atoms with Gasteiger partial charge in [-0.05, 0) is 22.4 Å². The smallest absolute Gasteiger partial charge is 0.150 e. The highest BCUT2D eigenvalue weighted by atomic mass is 16.3. The molecule has 14 heavy (non-hydrogen) atoms. The Morgan fingerprint density at radius 3 is 2.79 bits per heavy atom. The van der Waals surface area contributed by atoms with Crippen LogP contribution in [0.4, 0.5) is 0 Å². The second-order valence-corrected chi connectivity index (χ2v) is 3.18. The van der Waals surface area contributed by atoms with E-state index in [9.17, 15) is 4.79 Å². The van der Waals surface area contributed by atoms with Crippen LogP contribution in [-0.2, 0) is 6.61 Å². The third-order valence-electron chi connectivity index (χ3n) is 2.29. The van der Waals surface area contributed by atoms with Crippen molar-refractivity contribution in [1.29, 1.82) is 0 Å². The maximum absolute atomic E-state index is 10.7. The van der Waals surface area contributed by atoms with E-state index in [1.807, 2.05) is 30.3 Å². The van der Waals surface area contributed by atoms with E-state index in [0.29, 0.717) is 5.56 Å². The number of aldehydes is 1. The molecule has 0 radical (unpaired) electrons. The van der Waals surface area contributed by atoms with Crippen LogP contribution in [0.2, 0.25) is 0 Å². The molecule has 2 heteroatoms. The van der Waals surface area contributed by atoms with Gasteiger partial charge in [0.15, 0.2) is 6.29 Å². The van der Waals surface area contributed by atoms with E-state index >= 15 is 0 Å². The quantitative estimate of drug-likeness (QED) is 0.729. The van der Waals surface area contributed by atoms with Crippen molar-refractivity contribution in [3.63, 3.8) is 0 Å². The largest absolute Gasteiger partial charge is 0.392 e. The van der Waals surface area contributed by atoms with Crippen molar-refractivity contribution < 1.29 is 9.90 Å². The first-order valence-corrected chi connectivity index (χ1v) is 4.43. The molecule has 1 N–H and O–H groups in total. The average molecular weight is 186 g/mol. The zero-order chi connectivity index (χ0) is 9.97. The fourth-order valence-electron chi connectivity index (χ4n) is 1.56. The SMILES string of the molecule is O=Cc1cccc2cc(CO)ccc12. The van der Waals surface area contributed by atoms with Crippen molar-refractivity contribution in [2.75, 3.05) is 0 Å². The van der Waals surface area contributed by atoms with Gasteiger partial charge in [0.1, 0.15) is 0 Å². The first kappa shape index (κ1) is 8.91. The van der Waals surface area contributed by atoms with E-state index in [4.69, 9.17) is 5.11 Å². The molecule has 0 atom stereocenters. The number of carbonyl (C=O) groups excluding carboxylic acids is 1. The third kappa shape index (κ3) is 1.40. The number of hydrogen-bond donors (Lipinski definition) is 1. The normalized spacial score (nSPS) is 10.4. The lowest BCUT2D eigenvalue weighted by atomic mass is 10.0. The first-order chi connectivity index (χ1) is 6.85. The Balaban J connectivity index is 2.73. The first-order valence-electron chi connectivity index (χ1n) is 4.43. The number of benzene rings is 2. The summed E-state index contributed by atoms with van der Waals surface area (Å²) in [6.45, 7) is 0.0290. The molecule has 0 aromatic heterocycles. The van der Waals surface area contributed by atoms with Crippen LogP contribution in [0.3, 0.4) is 0 Å². The summed E-state index contributed by atoms with van der Waals surface area (Å²) in [5, 5.41) is 10.9. The van der Waals surface area contributed by atoms with Crippen LogP contribution in [0.5, 0.6) is 0 Å². The van der Waals surface area contributed by atoms with Crippen LogP contribution in [0.1, 0.15) is 15.9 Å². The Hall–Kier alpha value is -1.67. The van der Waals surface area contributed by atoms with Crippen LogP contribution >= 0.6 is 0 Å². The highest BCUT2D eigenvalue weighted by molar-refractivity contribution is 5.98. The zero-order valence-electron chi connectivity index (χ0n) is 7.60. The highest BCUT2D eigenvalue weighted by Crippen LogP contribution is 2.19. The molecular formula is C12H10O2. The van der Waals surface area contributed by atoms with Crippen molar-refractivity contribution in [3.8, 4) is 0 Å². The van der Waals surface area contributed by atoms with Crippen molar-refractivity contribution in [1.82, 2.24) is 0 Å². The predicted molar refractivity (Wildman–Crippen MR) is 55.3 cm³/mol. The molecule has 70 valence electrons. The molecule has 2 rings (SSSR count). The Morgan fingerprint density at radius 2 is 2.07 bits per heavy atom. The summed E-state index contributed by atoms with van der Waals surface area (Å²) >= 11 is 0. The fraction of sp³-hybridized carbons (Fsp3) is 0.0833. The van der Waals surface area contributed by atoms with Crippen LogP contribution in [0, 0.1) is 0 Å². The third-order valence-corrected chi connectivity index (χ3v) is 2.29. The molecule has 0 bridgehead atoms. The lowest BCUT2D eigenvalue weighted by Gasteiger charge is -2.02. The molecule has 0 saturated carbocycles. The maximum atomic E-state index is 10.7. The Labute approximate surface area is 81.8 Å². The van der Waals surface area contributed by atoms with Crippen LogP contribution in [0.15, 0.2) is 36.4 Å². The van der Waals surface area contributed by atoms with Crippen molar-refractivity contribution in [2.45, 2.75) is 6.61 Å². The van der Waals surface area contributed by atoms with E-state index in [1.165, 1.54) is 0 Å². The van der Waals surface area contributed by atoms with Gasteiger partial charge < -0.3 is 5.11 Å². The minimum Gasteiger partial charge on any atom is -0.392 e. The van der Waals surface area contributed by atoms with E-state index in [0.717, 1.165) is 22.6 Å². The topological polar surface area (TPSA) is 37.3 Å². The van der Waals surface area contributed by atoms with Gasteiger partial charge in [0.2, 0.25) is 0 Å². The Kier molecular flexibility index (Phi) is 2.29. The minimum atomic E-state index is 0.0290. The van der Waals surface area contributed by atoms with Gasteiger partial charge in [-0.2, -0.15) is 0 Å². The summed E-state index contributed by atoms with van der Waals surface area (Å²) in [4.78, 5) is 10.7. The molecule has 0 aliphatic carbocycles. The highest BCUT2D eigenvalue weighted by Gasteiger charge is 1.99. The zero-order valence-corrected chi connectivity index (χ0v) is 7.60. The molecule has 0 spiro atoms. The van der Waals surface area contributed by atoms with E-state index in [2.05, 4.69) is 0 Å². The van der Waals surface area contributed by atoms with Crippen LogP contribution in [0.25, 0.3) is 10.8 Å². The van der Waals surface area contributed by atoms with Crippen molar-refractivity contribution >= 4 is 17.1 Å². The molecule has 2 nitrogen and oxygen atoms in total. The second kappa shape index (κ2) is 3.60. The lowest BCUT2D eigenvalue weighted by Crippen LogP contribution is -1.86. The van der Waals surface area contributed by atoms with Crippen LogP contribution in [-0.4, -0.2) is 11.4 Å². The molecule has 0 unspecified atom stereocenters. The molecule has 0 amide bonds. The van der Waals surface area contributed by atoms with Gasteiger partial charge in [0, 0.05) is 5.56 Å². The standard InChI is InChI=1S/C12H10O2/c13-7-9-4-5-12-10(6-9)2-1-3-11(12)8-14/h1-6,8,13H,7H2. The number of aliphatic hydroxyl groups is 1. The maximum Gasteiger partial charge on any atom is 0.150 e. The van der Waals surface area contributed by atoms with Gasteiger partial charge in [-0.3, -0.25) is 4.79 Å². The van der Waals surface area contributed by atoms with E-state index in [-0.39, 0.29) is 6.61 Å². The van der Waals surface area contributed by atoms with Gasteiger partial charge in [-0.1, -0.05) is 30.3 Å². The molecule has 2 aromatic carbocycles. The molecular weight excluding hydrogens is 176 g/mol. The molecule has 0 saturated heterocycles. The minimum absolute atomic E-state index is 0.0290. The molecule has 0 aliphatic heterocycles. The number of hydrogen-bond acceptors (Lipinski definition) is 2. The van der Waals surface area contributed by atoms with Crippen molar-refractivity contribution in [3.05, 3.63) is 47.5 Å². The monoisotopic (exact) mass is 186 g/mol. The summed E-state index contributed by atoms with van der Waals surface area (Å²) in [6.07, 6.45) is 0.848. The van der Waals surface area contributed by atoms with Crippen molar-refractivity contribution in [2.24, 2.45) is 0 Å². The molecule has 0 heterocycles. The van der Waals surface area contributed by atoms with Gasteiger partial charge in [-0.25, -0.2) is 0 Å². The molecule has 0 fully saturated rings. The van der Waals surface area contributed by atoms with Gasteiger partial charge in [0.05, 0.1) is 6.61 Å². The number of aliphatic hydroxyl groups excluding tert-OH is 1. The molecule has 2 aromatic rings. The Morgan fingerprint density at radius 1 is 1.21 bits per heavy atom. The molecule has 0 aliphatic rings. The second-order valence-electron chi connectivity index (χ2n) is 3.18. The van der Waals surface area contributed by atoms with Gasteiger partial charge in [0.25, 0.3) is 0 Å². The lowest BCUT2D eigenvalue weighted by molar-refractivity contribution is 0.112. The number of rotatable bonds is 2. The van der Waals surface area contributed by atoms with Crippen LogP contribution < -0.4 is 0 Å². The summed E-state index contributed by atoms with van der Waals surface area (Å²) in [6, 6.07) is 11.1. The number of carbonyl (C=O) groups is 1. The summed E-state index contributed by atoms with van der Waals surface area (Å²) in [7, 11) is 0. The van der Waals surface area contributed by atoms with E-state index in [1.54, 1.807) is 6.07 Å². The summed E-state index contributed by atoms with van der Waals surface area (Å²) in [5.41, 5.74) is 1.55. The average Bonchev–Trinajstić information content (AvgIpc) is 2.27. The van der Waals surface area contributed by atoms with Gasteiger partial charge >= 0.3 is 0 Å². The number of fused-ring (bicyclic) bond motifs is 1. The fourth-order valence-corrected chi connectivity index (χ4v) is 1.56. The summed E-state index contributed by atoms with van der Waals surface area (Å²) in [5.74, 6) is 0. The van der Waals surface area contributed by atoms with E-state index < -0.39 is 0 Å². The predicted octanol–water partition coefficient (Wildman–Crippen LogP) is 2.14.